The fourth-order valence-corrected chi connectivity index (χ4v) is 4.33. The summed E-state index contributed by atoms with van der Waals surface area (Å²) >= 11 is 7.51. The van der Waals surface area contributed by atoms with Crippen LogP contribution in [0, 0.1) is 6.92 Å². The number of aliphatic hydroxyl groups is 1. The van der Waals surface area contributed by atoms with Crippen molar-refractivity contribution in [3.05, 3.63) is 56.7 Å². The van der Waals surface area contributed by atoms with Crippen LogP contribution in [0.5, 0.6) is 0 Å². The van der Waals surface area contributed by atoms with Gasteiger partial charge in [0.1, 0.15) is 0 Å². The van der Waals surface area contributed by atoms with Gasteiger partial charge in [-0.1, -0.05) is 30.7 Å². The first-order chi connectivity index (χ1) is 12.8. The van der Waals surface area contributed by atoms with Crippen LogP contribution in [0.2, 0.25) is 5.02 Å². The third-order valence-electron chi connectivity index (χ3n) is 4.97. The van der Waals surface area contributed by atoms with E-state index < -0.39 is 5.60 Å². The molecule has 3 rings (SSSR count). The van der Waals surface area contributed by atoms with Crippen LogP contribution in [0.3, 0.4) is 0 Å². The maximum atomic E-state index is 13.0. The largest absolute Gasteiger partial charge is 0.375 e. The number of benzene rings is 1. The van der Waals surface area contributed by atoms with Gasteiger partial charge in [-0.15, -0.1) is 11.3 Å². The van der Waals surface area contributed by atoms with E-state index in [-0.39, 0.29) is 18.2 Å². The Balaban J connectivity index is 1.69. The molecule has 1 aromatic heterocycles. The summed E-state index contributed by atoms with van der Waals surface area (Å²) in [5, 5.41) is 11.5. The number of rotatable bonds is 4. The summed E-state index contributed by atoms with van der Waals surface area (Å²) in [6, 6.07) is 10.6. The lowest BCUT2D eigenvalue weighted by atomic mass is 9.89. The molecule has 27 heavy (non-hydrogen) atoms. The van der Waals surface area contributed by atoms with E-state index in [9.17, 15) is 14.7 Å². The molecule has 1 N–H and O–H groups in total. The molecule has 1 fully saturated rings. The summed E-state index contributed by atoms with van der Waals surface area (Å²) in [4.78, 5) is 30.8. The van der Waals surface area contributed by atoms with Gasteiger partial charge in [-0.25, -0.2) is 0 Å². The number of carbonyl (C=O) groups is 2. The Morgan fingerprint density at radius 3 is 2.37 bits per heavy atom. The summed E-state index contributed by atoms with van der Waals surface area (Å²) in [7, 11) is 0. The lowest BCUT2D eigenvalue weighted by Gasteiger charge is -2.39. The van der Waals surface area contributed by atoms with Crippen LogP contribution in [-0.2, 0) is 10.4 Å². The average Bonchev–Trinajstić information content (AvgIpc) is 3.12. The third kappa shape index (κ3) is 4.03. The van der Waals surface area contributed by atoms with Gasteiger partial charge in [0.05, 0.1) is 4.88 Å². The lowest BCUT2D eigenvalue weighted by Crippen LogP contribution is -2.55. The van der Waals surface area contributed by atoms with Crippen LogP contribution in [-0.4, -0.2) is 52.9 Å². The fraction of sp³-hybridized carbons (Fsp3) is 0.400. The van der Waals surface area contributed by atoms with Gasteiger partial charge >= 0.3 is 0 Å². The monoisotopic (exact) mass is 406 g/mol. The Morgan fingerprint density at radius 1 is 1.15 bits per heavy atom. The van der Waals surface area contributed by atoms with Crippen molar-refractivity contribution >= 4 is 34.8 Å². The molecule has 0 radical (unpaired) electrons. The standard InChI is InChI=1S/C20H23ClN2O3S/c1-3-20(26,15-5-4-6-16(21)13-15)19(25)23-11-9-22(10-12-23)18(24)17-8-7-14(2)27-17/h4-8,13,26H,3,9-12H2,1-2H3. The van der Waals surface area contributed by atoms with Crippen molar-refractivity contribution in [3.8, 4) is 0 Å². The van der Waals surface area contributed by atoms with E-state index in [1.807, 2.05) is 19.1 Å². The van der Waals surface area contributed by atoms with E-state index in [1.54, 1.807) is 41.0 Å². The quantitative estimate of drug-likeness (QED) is 0.847. The van der Waals surface area contributed by atoms with E-state index in [2.05, 4.69) is 0 Å². The molecule has 7 heteroatoms. The Bertz CT molecular complexity index is 845. The zero-order valence-corrected chi connectivity index (χ0v) is 17.0. The van der Waals surface area contributed by atoms with Crippen LogP contribution < -0.4 is 0 Å². The number of aryl methyl sites for hydroxylation is 1. The van der Waals surface area contributed by atoms with Crippen molar-refractivity contribution in [2.75, 3.05) is 26.2 Å². The van der Waals surface area contributed by atoms with Crippen molar-refractivity contribution in [1.82, 2.24) is 9.80 Å². The maximum Gasteiger partial charge on any atom is 0.264 e. The predicted octanol–water partition coefficient (Wildman–Crippen LogP) is 3.29. The van der Waals surface area contributed by atoms with Gasteiger partial charge in [-0.3, -0.25) is 9.59 Å². The van der Waals surface area contributed by atoms with Gasteiger partial charge in [-0.2, -0.15) is 0 Å². The Labute approximate surface area is 168 Å². The molecule has 1 atom stereocenters. The van der Waals surface area contributed by atoms with Gasteiger partial charge in [0.2, 0.25) is 0 Å². The molecule has 2 aromatic rings. The minimum atomic E-state index is -1.61. The number of hydrogen-bond acceptors (Lipinski definition) is 4. The number of hydrogen-bond donors (Lipinski definition) is 1. The maximum absolute atomic E-state index is 13.0. The highest BCUT2D eigenvalue weighted by Gasteiger charge is 2.40. The molecular formula is C20H23ClN2O3S. The Hall–Kier alpha value is -1.89. The molecule has 0 spiro atoms. The van der Waals surface area contributed by atoms with Crippen molar-refractivity contribution in [1.29, 1.82) is 0 Å². The summed E-state index contributed by atoms with van der Waals surface area (Å²) in [6.07, 6.45) is 0.250. The highest BCUT2D eigenvalue weighted by Crippen LogP contribution is 2.30. The third-order valence-corrected chi connectivity index (χ3v) is 6.20. The van der Waals surface area contributed by atoms with E-state index >= 15 is 0 Å². The molecule has 0 bridgehead atoms. The van der Waals surface area contributed by atoms with Crippen LogP contribution in [0.1, 0.15) is 33.5 Å². The molecular weight excluding hydrogens is 384 g/mol. The molecule has 5 nitrogen and oxygen atoms in total. The van der Waals surface area contributed by atoms with Crippen LogP contribution >= 0.6 is 22.9 Å². The first-order valence-electron chi connectivity index (χ1n) is 8.98. The SMILES string of the molecule is CCC(O)(C(=O)N1CCN(C(=O)c2ccc(C)s2)CC1)c1cccc(Cl)c1. The first-order valence-corrected chi connectivity index (χ1v) is 10.2. The summed E-state index contributed by atoms with van der Waals surface area (Å²) in [5.74, 6) is -0.341. The number of carbonyl (C=O) groups excluding carboxylic acids is 2. The summed E-state index contributed by atoms with van der Waals surface area (Å²) < 4.78 is 0. The second-order valence-corrected chi connectivity index (χ2v) is 8.44. The van der Waals surface area contributed by atoms with Crippen LogP contribution in [0.25, 0.3) is 0 Å². The summed E-state index contributed by atoms with van der Waals surface area (Å²) in [6.45, 7) is 5.46. The number of halogens is 1. The lowest BCUT2D eigenvalue weighted by molar-refractivity contribution is -0.154. The molecule has 1 aliphatic rings. The van der Waals surface area contributed by atoms with Crippen LogP contribution in [0.4, 0.5) is 0 Å². The second-order valence-electron chi connectivity index (χ2n) is 6.72. The van der Waals surface area contributed by atoms with E-state index in [0.29, 0.717) is 36.8 Å². The highest BCUT2D eigenvalue weighted by atomic mass is 35.5. The average molecular weight is 407 g/mol. The molecule has 2 amide bonds. The minimum absolute atomic E-state index is 0.000735. The number of amides is 2. The molecule has 144 valence electrons. The zero-order chi connectivity index (χ0) is 19.6. The van der Waals surface area contributed by atoms with Crippen molar-refractivity contribution in [2.24, 2.45) is 0 Å². The second kappa shape index (κ2) is 8.00. The molecule has 1 aliphatic heterocycles. The Morgan fingerprint density at radius 2 is 1.81 bits per heavy atom. The first kappa shape index (κ1) is 19.9. The molecule has 1 saturated heterocycles. The number of thiophene rings is 1. The number of piperazine rings is 1. The normalized spacial score (nSPS) is 16.9. The zero-order valence-electron chi connectivity index (χ0n) is 15.4. The predicted molar refractivity (Wildman–Crippen MR) is 107 cm³/mol. The number of nitrogens with zero attached hydrogens (tertiary/aromatic N) is 2. The van der Waals surface area contributed by atoms with E-state index in [4.69, 9.17) is 11.6 Å². The fourth-order valence-electron chi connectivity index (χ4n) is 3.30. The topological polar surface area (TPSA) is 60.9 Å². The van der Waals surface area contributed by atoms with Crippen molar-refractivity contribution < 1.29 is 14.7 Å². The van der Waals surface area contributed by atoms with Gasteiger partial charge in [0.15, 0.2) is 5.60 Å². The van der Waals surface area contributed by atoms with E-state index in [0.717, 1.165) is 9.75 Å². The molecule has 0 saturated carbocycles. The molecule has 1 aromatic carbocycles. The van der Waals surface area contributed by atoms with E-state index in [1.165, 1.54) is 11.3 Å². The molecule has 0 aliphatic carbocycles. The van der Waals surface area contributed by atoms with Gasteiger partial charge in [-0.05, 0) is 43.2 Å². The minimum Gasteiger partial charge on any atom is -0.375 e. The van der Waals surface area contributed by atoms with Crippen LogP contribution in [0.15, 0.2) is 36.4 Å². The van der Waals surface area contributed by atoms with Gasteiger partial charge in [0.25, 0.3) is 11.8 Å². The molecule has 1 unspecified atom stereocenters. The highest BCUT2D eigenvalue weighted by molar-refractivity contribution is 7.13. The van der Waals surface area contributed by atoms with Gasteiger partial charge in [0, 0.05) is 36.1 Å². The Kier molecular flexibility index (Phi) is 5.89. The smallest absolute Gasteiger partial charge is 0.264 e. The van der Waals surface area contributed by atoms with Crippen molar-refractivity contribution in [2.45, 2.75) is 25.9 Å². The van der Waals surface area contributed by atoms with Crippen molar-refractivity contribution in [3.63, 3.8) is 0 Å². The molecule has 2 heterocycles. The van der Waals surface area contributed by atoms with Gasteiger partial charge < -0.3 is 14.9 Å². The summed E-state index contributed by atoms with van der Waals surface area (Å²) in [5.41, 5.74) is -1.11.